The van der Waals surface area contributed by atoms with Gasteiger partial charge in [-0.3, -0.25) is 0 Å². The highest BCUT2D eigenvalue weighted by Crippen LogP contribution is 2.38. The Morgan fingerprint density at radius 1 is 1.39 bits per heavy atom. The molecule has 2 rings (SSSR count). The van der Waals surface area contributed by atoms with E-state index in [4.69, 9.17) is 15.0 Å². The van der Waals surface area contributed by atoms with Gasteiger partial charge in [-0.2, -0.15) is 4.98 Å². The molecule has 1 fully saturated rings. The topological polar surface area (TPSA) is 74.2 Å². The van der Waals surface area contributed by atoms with Crippen LogP contribution in [-0.4, -0.2) is 17.3 Å². The van der Waals surface area contributed by atoms with Crippen LogP contribution < -0.4 is 5.73 Å². The Bertz CT molecular complexity index is 372. The van der Waals surface area contributed by atoms with Crippen LogP contribution in [0.4, 0.5) is 0 Å². The van der Waals surface area contributed by atoms with Crippen molar-refractivity contribution in [1.29, 1.82) is 0 Å². The molecule has 0 aromatic carbocycles. The smallest absolute Gasteiger partial charge is 0.243 e. The maximum Gasteiger partial charge on any atom is 0.243 e. The van der Waals surface area contributed by atoms with E-state index in [2.05, 4.69) is 17.1 Å². The average molecular weight is 253 g/mol. The lowest BCUT2D eigenvalue weighted by Crippen LogP contribution is -2.32. The quantitative estimate of drug-likeness (QED) is 0.873. The third kappa shape index (κ3) is 2.57. The molecule has 0 amide bonds. The van der Waals surface area contributed by atoms with Crippen molar-refractivity contribution in [2.75, 3.05) is 7.11 Å². The summed E-state index contributed by atoms with van der Waals surface area (Å²) in [6.45, 7) is 2.09. The summed E-state index contributed by atoms with van der Waals surface area (Å²) in [5, 5.41) is 4.10. The fraction of sp³-hybridized carbons (Fsp3) is 0.846. The van der Waals surface area contributed by atoms with E-state index < -0.39 is 0 Å². The predicted molar refractivity (Wildman–Crippen MR) is 67.9 cm³/mol. The molecule has 18 heavy (non-hydrogen) atoms. The number of hydrogen-bond donors (Lipinski definition) is 1. The molecular formula is C13H23N3O2. The summed E-state index contributed by atoms with van der Waals surface area (Å²) in [7, 11) is 1.73. The standard InChI is InChI=1S/C13H23N3O2/c1-3-7-10(14)11-15-12(16-18-11)13(17-2)8-5-4-6-9-13/h10H,3-9,14H2,1-2H3/t10-/m1/s1. The Balaban J connectivity index is 2.16. The third-order valence-corrected chi connectivity index (χ3v) is 3.82. The summed E-state index contributed by atoms with van der Waals surface area (Å²) in [6, 6.07) is -0.159. The molecule has 1 aliphatic carbocycles. The third-order valence-electron chi connectivity index (χ3n) is 3.82. The molecule has 1 aromatic heterocycles. The van der Waals surface area contributed by atoms with Crippen LogP contribution in [0.1, 0.15) is 69.6 Å². The van der Waals surface area contributed by atoms with Gasteiger partial charge >= 0.3 is 0 Å². The zero-order valence-electron chi connectivity index (χ0n) is 11.3. The van der Waals surface area contributed by atoms with Crippen molar-refractivity contribution in [3.8, 4) is 0 Å². The van der Waals surface area contributed by atoms with Crippen LogP contribution in [0.5, 0.6) is 0 Å². The summed E-state index contributed by atoms with van der Waals surface area (Å²) in [5.41, 5.74) is 5.64. The van der Waals surface area contributed by atoms with Crippen LogP contribution >= 0.6 is 0 Å². The minimum absolute atomic E-state index is 0.159. The molecule has 1 aliphatic rings. The van der Waals surface area contributed by atoms with Gasteiger partial charge in [0.2, 0.25) is 11.7 Å². The molecule has 0 saturated heterocycles. The lowest BCUT2D eigenvalue weighted by atomic mass is 9.84. The van der Waals surface area contributed by atoms with Gasteiger partial charge in [-0.25, -0.2) is 0 Å². The van der Waals surface area contributed by atoms with Gasteiger partial charge < -0.3 is 15.0 Å². The Morgan fingerprint density at radius 3 is 2.72 bits per heavy atom. The molecule has 5 nitrogen and oxygen atoms in total. The molecule has 5 heteroatoms. The largest absolute Gasteiger partial charge is 0.370 e. The van der Waals surface area contributed by atoms with E-state index in [1.54, 1.807) is 7.11 Å². The second kappa shape index (κ2) is 5.80. The fourth-order valence-corrected chi connectivity index (χ4v) is 2.65. The average Bonchev–Trinajstić information content (AvgIpc) is 2.90. The van der Waals surface area contributed by atoms with Crippen LogP contribution in [0.15, 0.2) is 4.52 Å². The number of nitrogens with two attached hydrogens (primary N) is 1. The highest BCUT2D eigenvalue weighted by molar-refractivity contribution is 5.04. The SMILES string of the molecule is CCC[C@@H](N)c1nc(C2(OC)CCCCC2)no1. The maximum absolute atomic E-state index is 6.00. The minimum atomic E-state index is -0.355. The Morgan fingerprint density at radius 2 is 2.11 bits per heavy atom. The summed E-state index contributed by atoms with van der Waals surface area (Å²) >= 11 is 0. The van der Waals surface area contributed by atoms with E-state index in [1.807, 2.05) is 0 Å². The first-order chi connectivity index (χ1) is 8.72. The van der Waals surface area contributed by atoms with Crippen molar-refractivity contribution in [3.05, 3.63) is 11.7 Å². The molecule has 0 spiro atoms. The van der Waals surface area contributed by atoms with Crippen molar-refractivity contribution in [3.63, 3.8) is 0 Å². The number of aromatic nitrogens is 2. The van der Waals surface area contributed by atoms with Crippen molar-refractivity contribution in [2.24, 2.45) is 5.73 Å². The van der Waals surface area contributed by atoms with Crippen molar-refractivity contribution < 1.29 is 9.26 Å². The molecule has 0 radical (unpaired) electrons. The molecule has 1 saturated carbocycles. The molecule has 0 unspecified atom stereocenters. The summed E-state index contributed by atoms with van der Waals surface area (Å²) < 4.78 is 11.0. The molecule has 0 bridgehead atoms. The monoisotopic (exact) mass is 253 g/mol. The van der Waals surface area contributed by atoms with Gasteiger partial charge in [0.25, 0.3) is 0 Å². The number of nitrogens with zero attached hydrogens (tertiary/aromatic N) is 2. The highest BCUT2D eigenvalue weighted by atomic mass is 16.5. The molecular weight excluding hydrogens is 230 g/mol. The molecule has 1 heterocycles. The van der Waals surface area contributed by atoms with Crippen LogP contribution in [0, 0.1) is 0 Å². The zero-order chi connectivity index (χ0) is 13.0. The highest BCUT2D eigenvalue weighted by Gasteiger charge is 2.38. The maximum atomic E-state index is 6.00. The van der Waals surface area contributed by atoms with E-state index in [0.29, 0.717) is 11.7 Å². The summed E-state index contributed by atoms with van der Waals surface area (Å²) in [4.78, 5) is 4.47. The first-order valence-corrected chi connectivity index (χ1v) is 6.86. The van der Waals surface area contributed by atoms with Gasteiger partial charge in [0.1, 0.15) is 5.60 Å². The van der Waals surface area contributed by atoms with Gasteiger partial charge in [-0.1, -0.05) is 37.8 Å². The summed E-state index contributed by atoms with van der Waals surface area (Å²) in [5.74, 6) is 1.21. The Hall–Kier alpha value is -0.940. The van der Waals surface area contributed by atoms with Crippen molar-refractivity contribution >= 4 is 0 Å². The first kappa shape index (κ1) is 13.5. The summed E-state index contributed by atoms with van der Waals surface area (Å²) in [6.07, 6.45) is 7.36. The van der Waals surface area contributed by atoms with Gasteiger partial charge in [0.05, 0.1) is 6.04 Å². The second-order valence-corrected chi connectivity index (χ2v) is 5.11. The lowest BCUT2D eigenvalue weighted by Gasteiger charge is -2.32. The van der Waals surface area contributed by atoms with Crippen molar-refractivity contribution in [1.82, 2.24) is 10.1 Å². The van der Waals surface area contributed by atoms with E-state index in [-0.39, 0.29) is 11.6 Å². The van der Waals surface area contributed by atoms with Gasteiger partial charge in [-0.15, -0.1) is 0 Å². The molecule has 102 valence electrons. The first-order valence-electron chi connectivity index (χ1n) is 6.86. The molecule has 1 aromatic rings. The number of ether oxygens (including phenoxy) is 1. The van der Waals surface area contributed by atoms with Crippen LogP contribution in [0.2, 0.25) is 0 Å². The normalized spacial score (nSPS) is 20.8. The second-order valence-electron chi connectivity index (χ2n) is 5.11. The zero-order valence-corrected chi connectivity index (χ0v) is 11.3. The Kier molecular flexibility index (Phi) is 4.35. The molecule has 2 N–H and O–H groups in total. The van der Waals surface area contributed by atoms with E-state index in [0.717, 1.165) is 38.5 Å². The van der Waals surface area contributed by atoms with Gasteiger partial charge in [-0.05, 0) is 19.3 Å². The van der Waals surface area contributed by atoms with Crippen molar-refractivity contribution in [2.45, 2.75) is 63.5 Å². The molecule has 0 aliphatic heterocycles. The Labute approximate surface area is 108 Å². The van der Waals surface area contributed by atoms with Gasteiger partial charge in [0.15, 0.2) is 0 Å². The van der Waals surface area contributed by atoms with Crippen LogP contribution in [-0.2, 0) is 10.3 Å². The van der Waals surface area contributed by atoms with E-state index in [1.165, 1.54) is 6.42 Å². The number of hydrogen-bond acceptors (Lipinski definition) is 5. The molecule has 1 atom stereocenters. The lowest BCUT2D eigenvalue weighted by molar-refractivity contribution is -0.0527. The number of rotatable bonds is 5. The number of methoxy groups -OCH3 is 1. The van der Waals surface area contributed by atoms with Crippen LogP contribution in [0.25, 0.3) is 0 Å². The van der Waals surface area contributed by atoms with Gasteiger partial charge in [0, 0.05) is 7.11 Å². The predicted octanol–water partition coefficient (Wildman–Crippen LogP) is 2.68. The van der Waals surface area contributed by atoms with E-state index in [9.17, 15) is 0 Å². The van der Waals surface area contributed by atoms with Crippen LogP contribution in [0.3, 0.4) is 0 Å². The minimum Gasteiger partial charge on any atom is -0.370 e. The van der Waals surface area contributed by atoms with E-state index >= 15 is 0 Å². The fourth-order valence-electron chi connectivity index (χ4n) is 2.65.